The summed E-state index contributed by atoms with van der Waals surface area (Å²) in [5, 5.41) is 0.171. The largest absolute Gasteiger partial charge is 0.463 e. The van der Waals surface area contributed by atoms with E-state index in [1.165, 1.54) is 0 Å². The van der Waals surface area contributed by atoms with Crippen molar-refractivity contribution in [2.75, 3.05) is 6.61 Å². The third kappa shape index (κ3) is 5.91. The Labute approximate surface area is 119 Å². The van der Waals surface area contributed by atoms with Crippen LogP contribution in [-0.4, -0.2) is 27.0 Å². The molecule has 112 valence electrons. The van der Waals surface area contributed by atoms with Gasteiger partial charge in [-0.1, -0.05) is 27.7 Å². The first-order valence-corrected chi connectivity index (χ1v) is 9.98. The van der Waals surface area contributed by atoms with Crippen molar-refractivity contribution in [3.8, 4) is 0 Å². The maximum absolute atomic E-state index is 11.5. The Morgan fingerprint density at radius 1 is 1.26 bits per heavy atom. The van der Waals surface area contributed by atoms with Gasteiger partial charge in [0, 0.05) is 6.08 Å². The molecule has 0 bridgehead atoms. The number of carbonyl (C=O) groups is 1. The van der Waals surface area contributed by atoms with E-state index in [2.05, 4.69) is 40.8 Å². The smallest absolute Gasteiger partial charge is 0.330 e. The van der Waals surface area contributed by atoms with Crippen LogP contribution in [0.25, 0.3) is 0 Å². The van der Waals surface area contributed by atoms with E-state index in [0.717, 1.165) is 12.0 Å². The van der Waals surface area contributed by atoms with Gasteiger partial charge in [0.2, 0.25) is 0 Å². The highest BCUT2D eigenvalue weighted by Gasteiger charge is 2.39. The lowest BCUT2D eigenvalue weighted by atomic mass is 10.1. The van der Waals surface area contributed by atoms with Crippen molar-refractivity contribution in [2.24, 2.45) is 0 Å². The fraction of sp³-hybridized carbons (Fsp3) is 0.800. The molecule has 1 atom stereocenters. The topological polar surface area (TPSA) is 35.5 Å². The number of hydrogen-bond donors (Lipinski definition) is 0. The highest BCUT2D eigenvalue weighted by atomic mass is 28.4. The molecule has 19 heavy (non-hydrogen) atoms. The molecule has 0 aromatic rings. The zero-order valence-corrected chi connectivity index (χ0v) is 14.8. The van der Waals surface area contributed by atoms with Gasteiger partial charge in [0.25, 0.3) is 0 Å². The molecule has 0 saturated heterocycles. The van der Waals surface area contributed by atoms with Gasteiger partial charge < -0.3 is 9.16 Å². The van der Waals surface area contributed by atoms with Gasteiger partial charge in [0.05, 0.1) is 12.7 Å². The van der Waals surface area contributed by atoms with Crippen LogP contribution in [0, 0.1) is 0 Å². The van der Waals surface area contributed by atoms with Gasteiger partial charge in [0.15, 0.2) is 8.32 Å². The SMILES string of the molecule is CCOC(=O)/C=C(\C)[C@@H](CC)O[Si](C)(C)C(C)(C)C. The predicted molar refractivity (Wildman–Crippen MR) is 82.8 cm³/mol. The van der Waals surface area contributed by atoms with Gasteiger partial charge in [-0.15, -0.1) is 0 Å². The summed E-state index contributed by atoms with van der Waals surface area (Å²) in [7, 11) is -1.81. The molecule has 0 fully saturated rings. The zero-order valence-electron chi connectivity index (χ0n) is 13.8. The minimum atomic E-state index is -1.81. The molecule has 4 heteroatoms. The maximum Gasteiger partial charge on any atom is 0.330 e. The fourth-order valence-electron chi connectivity index (χ4n) is 1.49. The predicted octanol–water partition coefficient (Wildman–Crippen LogP) is 4.30. The van der Waals surface area contributed by atoms with Gasteiger partial charge in [0.1, 0.15) is 0 Å². The molecule has 0 aliphatic carbocycles. The van der Waals surface area contributed by atoms with E-state index in [9.17, 15) is 4.79 Å². The summed E-state index contributed by atoms with van der Waals surface area (Å²) in [6.45, 7) is 17.4. The first-order valence-electron chi connectivity index (χ1n) is 7.08. The monoisotopic (exact) mass is 286 g/mol. The molecule has 0 heterocycles. The Balaban J connectivity index is 4.90. The minimum absolute atomic E-state index is 0.00491. The molecule has 0 radical (unpaired) electrons. The molecular weight excluding hydrogens is 256 g/mol. The van der Waals surface area contributed by atoms with Crippen LogP contribution in [0.5, 0.6) is 0 Å². The summed E-state index contributed by atoms with van der Waals surface area (Å²) < 4.78 is 11.3. The number of carbonyl (C=O) groups excluding carboxylic acids is 1. The molecule has 0 N–H and O–H groups in total. The van der Waals surface area contributed by atoms with Crippen LogP contribution in [0.1, 0.15) is 48.0 Å². The van der Waals surface area contributed by atoms with E-state index in [1.54, 1.807) is 6.08 Å². The van der Waals surface area contributed by atoms with E-state index >= 15 is 0 Å². The van der Waals surface area contributed by atoms with Gasteiger partial charge in [-0.2, -0.15) is 0 Å². The average molecular weight is 286 g/mol. The van der Waals surface area contributed by atoms with Crippen molar-refractivity contribution in [2.45, 2.75) is 72.2 Å². The first-order chi connectivity index (χ1) is 8.55. The van der Waals surface area contributed by atoms with Gasteiger partial charge in [-0.25, -0.2) is 4.79 Å². The molecule has 0 rings (SSSR count). The number of hydrogen-bond acceptors (Lipinski definition) is 3. The van der Waals surface area contributed by atoms with Crippen LogP contribution in [0.4, 0.5) is 0 Å². The Morgan fingerprint density at radius 3 is 2.16 bits per heavy atom. The zero-order chi connectivity index (χ0) is 15.3. The Hall–Kier alpha value is -0.613. The minimum Gasteiger partial charge on any atom is -0.463 e. The van der Waals surface area contributed by atoms with Crippen molar-refractivity contribution < 1.29 is 14.0 Å². The maximum atomic E-state index is 11.5. The van der Waals surface area contributed by atoms with E-state index < -0.39 is 8.32 Å². The molecule has 0 aromatic carbocycles. The lowest BCUT2D eigenvalue weighted by Gasteiger charge is -2.39. The second-order valence-corrected chi connectivity index (χ2v) is 11.2. The molecule has 0 spiro atoms. The first kappa shape index (κ1) is 18.4. The van der Waals surface area contributed by atoms with Crippen LogP contribution in [0.2, 0.25) is 18.1 Å². The van der Waals surface area contributed by atoms with Crippen LogP contribution in [-0.2, 0) is 14.0 Å². The normalized spacial score (nSPS) is 15.3. The van der Waals surface area contributed by atoms with Crippen molar-refractivity contribution in [3.05, 3.63) is 11.6 Å². The summed E-state index contributed by atoms with van der Waals surface area (Å²) >= 11 is 0. The van der Waals surface area contributed by atoms with Crippen molar-refractivity contribution in [1.82, 2.24) is 0 Å². The van der Waals surface area contributed by atoms with Gasteiger partial charge in [-0.3, -0.25) is 0 Å². The molecule has 3 nitrogen and oxygen atoms in total. The Bertz CT molecular complexity index is 327. The van der Waals surface area contributed by atoms with Crippen molar-refractivity contribution in [3.63, 3.8) is 0 Å². The molecule has 0 aliphatic heterocycles. The highest BCUT2D eigenvalue weighted by Crippen LogP contribution is 2.38. The Morgan fingerprint density at radius 2 is 1.79 bits per heavy atom. The van der Waals surface area contributed by atoms with Crippen LogP contribution < -0.4 is 0 Å². The van der Waals surface area contributed by atoms with E-state index in [0.29, 0.717) is 6.61 Å². The fourth-order valence-corrected chi connectivity index (χ4v) is 2.91. The third-order valence-electron chi connectivity index (χ3n) is 3.75. The van der Waals surface area contributed by atoms with Crippen LogP contribution in [0.3, 0.4) is 0 Å². The molecule has 0 aromatic heterocycles. The highest BCUT2D eigenvalue weighted by molar-refractivity contribution is 6.74. The third-order valence-corrected chi connectivity index (χ3v) is 8.24. The molecule has 0 amide bonds. The van der Waals surface area contributed by atoms with E-state index in [-0.39, 0.29) is 17.1 Å². The van der Waals surface area contributed by atoms with Crippen molar-refractivity contribution in [1.29, 1.82) is 0 Å². The lowest BCUT2D eigenvalue weighted by Crippen LogP contribution is -2.44. The summed E-state index contributed by atoms with van der Waals surface area (Å²) in [6, 6.07) is 0. The molecule has 0 aliphatic rings. The van der Waals surface area contributed by atoms with Gasteiger partial charge in [-0.05, 0) is 44.0 Å². The summed E-state index contributed by atoms with van der Waals surface area (Å²) in [6.07, 6.45) is 2.43. The van der Waals surface area contributed by atoms with Crippen LogP contribution in [0.15, 0.2) is 11.6 Å². The molecule has 0 saturated carbocycles. The summed E-state index contributed by atoms with van der Waals surface area (Å²) in [4.78, 5) is 11.5. The molecule has 0 unspecified atom stereocenters. The number of esters is 1. The number of ether oxygens (including phenoxy) is 1. The summed E-state index contributed by atoms with van der Waals surface area (Å²) in [5.41, 5.74) is 0.950. The van der Waals surface area contributed by atoms with Crippen LogP contribution >= 0.6 is 0 Å². The summed E-state index contributed by atoms with van der Waals surface area (Å²) in [5.74, 6) is -0.280. The lowest BCUT2D eigenvalue weighted by molar-refractivity contribution is -0.137. The second-order valence-electron chi connectivity index (χ2n) is 6.42. The molecular formula is C15H30O3Si. The standard InChI is InChI=1S/C15H30O3Si/c1-9-13(12(3)11-14(16)17-10-2)18-19(7,8)15(4,5)6/h11,13H,9-10H2,1-8H3/b12-11+/t13-/m1/s1. The number of rotatable bonds is 6. The second kappa shape index (κ2) is 7.24. The quantitative estimate of drug-likeness (QED) is 0.415. The average Bonchev–Trinajstić information content (AvgIpc) is 2.24. The Kier molecular flexibility index (Phi) is 7.01. The van der Waals surface area contributed by atoms with E-state index in [4.69, 9.17) is 9.16 Å². The van der Waals surface area contributed by atoms with Gasteiger partial charge >= 0.3 is 5.97 Å². The van der Waals surface area contributed by atoms with E-state index in [1.807, 2.05) is 13.8 Å². The van der Waals surface area contributed by atoms with Crippen molar-refractivity contribution >= 4 is 14.3 Å².